The first kappa shape index (κ1) is 22.6. The molecule has 0 saturated carbocycles. The molecule has 0 spiro atoms. The van der Waals surface area contributed by atoms with E-state index in [1.165, 1.54) is 14.2 Å². The van der Waals surface area contributed by atoms with Crippen LogP contribution in [0.25, 0.3) is 0 Å². The Balaban J connectivity index is 3.10. The molecule has 2 atom stereocenters. The van der Waals surface area contributed by atoms with Crippen molar-refractivity contribution in [1.82, 2.24) is 0 Å². The van der Waals surface area contributed by atoms with Crippen LogP contribution in [0, 0.1) is 36.5 Å². The van der Waals surface area contributed by atoms with Gasteiger partial charge in [-0.3, -0.25) is 0 Å². The summed E-state index contributed by atoms with van der Waals surface area (Å²) >= 11 is 0. The summed E-state index contributed by atoms with van der Waals surface area (Å²) in [5.74, 6) is 0. The van der Waals surface area contributed by atoms with Crippen LogP contribution in [0.4, 0.5) is 0 Å². The molecule has 0 fully saturated rings. The SMILES string of the molecule is CO/N=C(\C)[C@](C#N)(c1ccc(C)cc1)[C@](C#N)(/C(C)=N/OC)c1ccc(C)cc1. The highest BCUT2D eigenvalue weighted by Crippen LogP contribution is 2.47. The summed E-state index contributed by atoms with van der Waals surface area (Å²) in [6.07, 6.45) is 0. The summed E-state index contributed by atoms with van der Waals surface area (Å²) in [5.41, 5.74) is 0.926. The summed E-state index contributed by atoms with van der Waals surface area (Å²) in [6.45, 7) is 7.30. The van der Waals surface area contributed by atoms with E-state index in [0.29, 0.717) is 22.6 Å². The smallest absolute Gasteiger partial charge is 0.151 e. The van der Waals surface area contributed by atoms with E-state index in [1.807, 2.05) is 62.4 Å². The number of rotatable bonds is 7. The van der Waals surface area contributed by atoms with Crippen LogP contribution in [-0.2, 0) is 20.5 Å². The molecule has 6 heteroatoms. The highest BCUT2D eigenvalue weighted by molar-refractivity contribution is 6.09. The molecule has 154 valence electrons. The van der Waals surface area contributed by atoms with Crippen molar-refractivity contribution in [2.45, 2.75) is 38.5 Å². The lowest BCUT2D eigenvalue weighted by atomic mass is 9.54. The molecule has 30 heavy (non-hydrogen) atoms. The minimum atomic E-state index is -1.52. The number of nitriles is 2. The van der Waals surface area contributed by atoms with Gasteiger partial charge >= 0.3 is 0 Å². The molecule has 0 heterocycles. The molecule has 0 bridgehead atoms. The second-order valence-corrected chi connectivity index (χ2v) is 7.17. The van der Waals surface area contributed by atoms with E-state index in [1.54, 1.807) is 13.8 Å². The molecular formula is C24H26N4O2. The minimum absolute atomic E-state index is 0.337. The van der Waals surface area contributed by atoms with Gasteiger partial charge in [0.2, 0.25) is 0 Å². The van der Waals surface area contributed by atoms with Crippen LogP contribution in [-0.4, -0.2) is 25.6 Å². The van der Waals surface area contributed by atoms with Crippen LogP contribution >= 0.6 is 0 Å². The summed E-state index contributed by atoms with van der Waals surface area (Å²) in [4.78, 5) is 10.1. The van der Waals surface area contributed by atoms with Gasteiger partial charge in [-0.1, -0.05) is 70.0 Å². The molecule has 0 N–H and O–H groups in total. The van der Waals surface area contributed by atoms with Crippen molar-refractivity contribution in [3.63, 3.8) is 0 Å². The first-order valence-corrected chi connectivity index (χ1v) is 9.47. The molecule has 2 aromatic rings. The number of benzene rings is 2. The van der Waals surface area contributed by atoms with Crippen LogP contribution in [0.2, 0.25) is 0 Å². The van der Waals surface area contributed by atoms with Crippen LogP contribution in [0.5, 0.6) is 0 Å². The zero-order valence-electron chi connectivity index (χ0n) is 18.2. The molecule has 0 saturated heterocycles. The third-order valence-electron chi connectivity index (χ3n) is 5.41. The van der Waals surface area contributed by atoms with Gasteiger partial charge in [-0.15, -0.1) is 0 Å². The molecule has 6 nitrogen and oxygen atoms in total. The van der Waals surface area contributed by atoms with E-state index in [9.17, 15) is 10.5 Å². The van der Waals surface area contributed by atoms with Gasteiger partial charge in [0, 0.05) is 0 Å². The standard InChI is InChI=1S/C24H26N4O2/c1-17-7-11-21(12-8-17)23(15-25,19(3)27-29-5)24(16-26,20(4)28-30-6)22-13-9-18(2)10-14-22/h7-14H,1-6H3/b27-19+,28-20+/t23-,24-/m1/s1. The van der Waals surface area contributed by atoms with E-state index >= 15 is 0 Å². The van der Waals surface area contributed by atoms with E-state index in [-0.39, 0.29) is 0 Å². The fraction of sp³-hybridized carbons (Fsp3) is 0.333. The molecular weight excluding hydrogens is 376 g/mol. The maximum atomic E-state index is 10.7. The van der Waals surface area contributed by atoms with Crippen LogP contribution in [0.1, 0.15) is 36.1 Å². The van der Waals surface area contributed by atoms with Gasteiger partial charge in [-0.05, 0) is 38.8 Å². The van der Waals surface area contributed by atoms with E-state index in [2.05, 4.69) is 22.4 Å². The van der Waals surface area contributed by atoms with Gasteiger partial charge in [0.1, 0.15) is 14.2 Å². The summed E-state index contributed by atoms with van der Waals surface area (Å²) in [7, 11) is 2.83. The van der Waals surface area contributed by atoms with Gasteiger partial charge in [0.05, 0.1) is 23.6 Å². The Labute approximate surface area is 178 Å². The quantitative estimate of drug-likeness (QED) is 0.501. The second kappa shape index (κ2) is 9.24. The van der Waals surface area contributed by atoms with Gasteiger partial charge in [-0.25, -0.2) is 0 Å². The van der Waals surface area contributed by atoms with Crippen molar-refractivity contribution in [3.8, 4) is 12.1 Å². The summed E-state index contributed by atoms with van der Waals surface area (Å²) in [5, 5.41) is 29.6. The Morgan fingerprint density at radius 1 is 0.700 bits per heavy atom. The maximum absolute atomic E-state index is 10.7. The number of hydrogen-bond donors (Lipinski definition) is 0. The fourth-order valence-electron chi connectivity index (χ4n) is 3.87. The zero-order chi connectivity index (χ0) is 22.4. The van der Waals surface area contributed by atoms with Crippen LogP contribution in [0.15, 0.2) is 58.8 Å². The highest BCUT2D eigenvalue weighted by atomic mass is 16.6. The topological polar surface area (TPSA) is 90.8 Å². The van der Waals surface area contributed by atoms with Gasteiger partial charge in [-0.2, -0.15) is 10.5 Å². The number of aryl methyl sites for hydroxylation is 2. The van der Waals surface area contributed by atoms with E-state index in [4.69, 9.17) is 9.68 Å². The third-order valence-corrected chi connectivity index (χ3v) is 5.41. The molecule has 0 aromatic heterocycles. The van der Waals surface area contributed by atoms with Crippen LogP contribution < -0.4 is 0 Å². The normalized spacial score (nSPS) is 15.9. The average molecular weight is 402 g/mol. The first-order chi connectivity index (χ1) is 14.3. The minimum Gasteiger partial charge on any atom is -0.399 e. The molecule has 0 unspecified atom stereocenters. The van der Waals surface area contributed by atoms with Crippen molar-refractivity contribution in [2.75, 3.05) is 14.2 Å². The summed E-state index contributed by atoms with van der Waals surface area (Å²) < 4.78 is 0. The monoisotopic (exact) mass is 402 g/mol. The average Bonchev–Trinajstić information content (AvgIpc) is 2.74. The lowest BCUT2D eigenvalue weighted by Crippen LogP contribution is -2.56. The first-order valence-electron chi connectivity index (χ1n) is 9.47. The molecule has 0 radical (unpaired) electrons. The fourth-order valence-corrected chi connectivity index (χ4v) is 3.87. The molecule has 0 amide bonds. The van der Waals surface area contributed by atoms with Crippen molar-refractivity contribution >= 4 is 11.4 Å². The Morgan fingerprint density at radius 2 is 1.00 bits per heavy atom. The molecule has 2 rings (SSSR count). The van der Waals surface area contributed by atoms with Gasteiger partial charge in [0.25, 0.3) is 0 Å². The lowest BCUT2D eigenvalue weighted by molar-refractivity contribution is 0.206. The van der Waals surface area contributed by atoms with Crippen LogP contribution in [0.3, 0.4) is 0 Å². The molecule has 0 aliphatic heterocycles. The molecule has 0 aliphatic rings. The zero-order valence-corrected chi connectivity index (χ0v) is 18.2. The highest BCUT2D eigenvalue weighted by Gasteiger charge is 2.60. The molecule has 0 aliphatic carbocycles. The van der Waals surface area contributed by atoms with Crippen molar-refractivity contribution < 1.29 is 9.68 Å². The van der Waals surface area contributed by atoms with Gasteiger partial charge in [0.15, 0.2) is 10.8 Å². The number of nitrogens with zero attached hydrogens (tertiary/aromatic N) is 4. The Morgan fingerprint density at radius 3 is 1.23 bits per heavy atom. The Bertz CT molecular complexity index is 941. The maximum Gasteiger partial charge on any atom is 0.151 e. The van der Waals surface area contributed by atoms with Gasteiger partial charge < -0.3 is 9.68 Å². The van der Waals surface area contributed by atoms with Crippen molar-refractivity contribution in [2.24, 2.45) is 10.3 Å². The van der Waals surface area contributed by atoms with E-state index in [0.717, 1.165) is 11.1 Å². The Hall–Kier alpha value is -3.64. The van der Waals surface area contributed by atoms with Crippen molar-refractivity contribution in [1.29, 1.82) is 10.5 Å². The predicted molar refractivity (Wildman–Crippen MR) is 117 cm³/mol. The van der Waals surface area contributed by atoms with E-state index < -0.39 is 10.8 Å². The molecule has 2 aromatic carbocycles. The van der Waals surface area contributed by atoms with Crippen molar-refractivity contribution in [3.05, 3.63) is 70.8 Å². The Kier molecular flexibility index (Phi) is 6.97. The number of hydrogen-bond acceptors (Lipinski definition) is 6. The predicted octanol–water partition coefficient (Wildman–Crippen LogP) is 4.57. The third kappa shape index (κ3) is 3.53. The summed E-state index contributed by atoms with van der Waals surface area (Å²) in [6, 6.07) is 19.8. The second-order valence-electron chi connectivity index (χ2n) is 7.17. The largest absolute Gasteiger partial charge is 0.399 e. The number of oxime groups is 2. The lowest BCUT2D eigenvalue weighted by Gasteiger charge is -2.41.